The van der Waals surface area contributed by atoms with Gasteiger partial charge in [-0.2, -0.15) is 0 Å². The summed E-state index contributed by atoms with van der Waals surface area (Å²) in [7, 11) is 1.61. The van der Waals surface area contributed by atoms with Crippen LogP contribution < -0.4 is 20.5 Å². The third kappa shape index (κ3) is 6.62. The van der Waals surface area contributed by atoms with E-state index in [0.29, 0.717) is 18.0 Å². The number of aliphatic hydroxyl groups excluding tert-OH is 1. The third-order valence-electron chi connectivity index (χ3n) is 5.46. The standard InChI is InChI=1S/C24H34N4O3/c1-18-7-6-8-21(25)24(18)26-19(2)15-27-11-13-28(14-12-27)16-20(29)17-31-23-10-5-4-9-22(23)30-3/h4-10,20,26,29H,2,11-17,25H2,1,3H3. The van der Waals surface area contributed by atoms with Crippen LogP contribution in [-0.4, -0.2) is 74.0 Å². The molecular weight excluding hydrogens is 392 g/mol. The van der Waals surface area contributed by atoms with Gasteiger partial charge in [0, 0.05) is 45.0 Å². The van der Waals surface area contributed by atoms with Gasteiger partial charge in [0.05, 0.1) is 18.5 Å². The number of nitrogen functional groups attached to an aromatic ring is 1. The lowest BCUT2D eigenvalue weighted by molar-refractivity contribution is 0.0471. The first kappa shape index (κ1) is 22.9. The van der Waals surface area contributed by atoms with Crippen LogP contribution in [-0.2, 0) is 0 Å². The minimum atomic E-state index is -0.558. The van der Waals surface area contributed by atoms with E-state index in [1.165, 1.54) is 0 Å². The summed E-state index contributed by atoms with van der Waals surface area (Å²) in [5.74, 6) is 1.32. The van der Waals surface area contributed by atoms with Crippen LogP contribution in [0.15, 0.2) is 54.7 Å². The van der Waals surface area contributed by atoms with Crippen molar-refractivity contribution in [2.45, 2.75) is 13.0 Å². The fourth-order valence-corrected chi connectivity index (χ4v) is 3.75. The van der Waals surface area contributed by atoms with E-state index in [-0.39, 0.29) is 6.61 Å². The van der Waals surface area contributed by atoms with E-state index in [9.17, 15) is 5.11 Å². The maximum atomic E-state index is 10.4. The zero-order valence-electron chi connectivity index (χ0n) is 18.5. The Hall–Kier alpha value is -2.74. The number of β-amino-alcohol motifs (C(OH)–C–C–N with tert-alkyl or cyclic N) is 1. The van der Waals surface area contributed by atoms with Gasteiger partial charge in [0.15, 0.2) is 11.5 Å². The van der Waals surface area contributed by atoms with Crippen molar-refractivity contribution >= 4 is 11.4 Å². The Labute approximate surface area is 185 Å². The molecule has 0 saturated carbocycles. The minimum absolute atomic E-state index is 0.235. The van der Waals surface area contributed by atoms with Gasteiger partial charge in [-0.15, -0.1) is 0 Å². The SMILES string of the molecule is C=C(CN1CCN(CC(O)COc2ccccc2OC)CC1)Nc1c(C)cccc1N. The molecule has 0 aromatic heterocycles. The molecule has 168 valence electrons. The number of aliphatic hydroxyl groups is 1. The number of nitrogens with one attached hydrogen (secondary N) is 1. The lowest BCUT2D eigenvalue weighted by Crippen LogP contribution is -2.49. The molecule has 1 fully saturated rings. The number of para-hydroxylation sites is 3. The van der Waals surface area contributed by atoms with E-state index in [2.05, 4.69) is 21.7 Å². The highest BCUT2D eigenvalue weighted by Crippen LogP contribution is 2.26. The van der Waals surface area contributed by atoms with E-state index < -0.39 is 6.10 Å². The molecule has 1 heterocycles. The van der Waals surface area contributed by atoms with Gasteiger partial charge in [-0.05, 0) is 30.7 Å². The van der Waals surface area contributed by atoms with Crippen LogP contribution in [0.2, 0.25) is 0 Å². The average molecular weight is 427 g/mol. The van der Waals surface area contributed by atoms with Gasteiger partial charge in [-0.1, -0.05) is 30.8 Å². The highest BCUT2D eigenvalue weighted by Gasteiger charge is 2.20. The second-order valence-corrected chi connectivity index (χ2v) is 7.96. The second kappa shape index (κ2) is 11.0. The van der Waals surface area contributed by atoms with Crippen molar-refractivity contribution in [2.24, 2.45) is 0 Å². The topological polar surface area (TPSA) is 83.2 Å². The lowest BCUT2D eigenvalue weighted by atomic mass is 10.1. The number of rotatable bonds is 10. The number of anilines is 2. The first-order valence-electron chi connectivity index (χ1n) is 10.6. The van der Waals surface area contributed by atoms with Crippen molar-refractivity contribution in [3.05, 3.63) is 60.3 Å². The van der Waals surface area contributed by atoms with Crippen LogP contribution in [0.5, 0.6) is 11.5 Å². The Morgan fingerprint density at radius 3 is 2.45 bits per heavy atom. The summed E-state index contributed by atoms with van der Waals surface area (Å²) in [6.07, 6.45) is -0.558. The van der Waals surface area contributed by atoms with Crippen molar-refractivity contribution in [1.82, 2.24) is 9.80 Å². The number of piperazine rings is 1. The Balaban J connectivity index is 1.38. The summed E-state index contributed by atoms with van der Waals surface area (Å²) < 4.78 is 11.0. The molecule has 0 aliphatic carbocycles. The van der Waals surface area contributed by atoms with Crippen LogP contribution in [0.3, 0.4) is 0 Å². The van der Waals surface area contributed by atoms with Gasteiger partial charge in [0.25, 0.3) is 0 Å². The van der Waals surface area contributed by atoms with E-state index in [1.807, 2.05) is 49.4 Å². The number of methoxy groups -OCH3 is 1. The van der Waals surface area contributed by atoms with Crippen LogP contribution in [0, 0.1) is 6.92 Å². The number of nitrogens with two attached hydrogens (primary N) is 1. The molecule has 3 rings (SSSR count). The van der Waals surface area contributed by atoms with E-state index >= 15 is 0 Å². The average Bonchev–Trinajstić information content (AvgIpc) is 2.76. The molecule has 0 radical (unpaired) electrons. The van der Waals surface area contributed by atoms with Gasteiger partial charge < -0.3 is 25.6 Å². The summed E-state index contributed by atoms with van der Waals surface area (Å²) in [5, 5.41) is 13.8. The van der Waals surface area contributed by atoms with Crippen LogP contribution >= 0.6 is 0 Å². The molecule has 0 spiro atoms. The van der Waals surface area contributed by atoms with E-state index in [4.69, 9.17) is 15.2 Å². The van der Waals surface area contributed by atoms with Gasteiger partial charge in [-0.3, -0.25) is 9.80 Å². The van der Waals surface area contributed by atoms with Crippen molar-refractivity contribution in [3.8, 4) is 11.5 Å². The van der Waals surface area contributed by atoms with Gasteiger partial charge in [0.2, 0.25) is 0 Å². The number of ether oxygens (including phenoxy) is 2. The van der Waals surface area contributed by atoms with Gasteiger partial charge >= 0.3 is 0 Å². The van der Waals surface area contributed by atoms with E-state index in [1.54, 1.807) is 7.11 Å². The zero-order chi connectivity index (χ0) is 22.2. The van der Waals surface area contributed by atoms with Crippen molar-refractivity contribution in [3.63, 3.8) is 0 Å². The predicted molar refractivity (Wildman–Crippen MR) is 126 cm³/mol. The van der Waals surface area contributed by atoms with E-state index in [0.717, 1.165) is 55.4 Å². The lowest BCUT2D eigenvalue weighted by Gasteiger charge is -2.36. The summed E-state index contributed by atoms with van der Waals surface area (Å²) >= 11 is 0. The summed E-state index contributed by atoms with van der Waals surface area (Å²) in [6, 6.07) is 13.3. The molecular formula is C24H34N4O3. The molecule has 0 amide bonds. The molecule has 1 atom stereocenters. The smallest absolute Gasteiger partial charge is 0.161 e. The molecule has 7 nitrogen and oxygen atoms in total. The Morgan fingerprint density at radius 1 is 1.10 bits per heavy atom. The molecule has 31 heavy (non-hydrogen) atoms. The minimum Gasteiger partial charge on any atom is -0.493 e. The maximum Gasteiger partial charge on any atom is 0.161 e. The largest absolute Gasteiger partial charge is 0.493 e. The second-order valence-electron chi connectivity index (χ2n) is 7.96. The third-order valence-corrected chi connectivity index (χ3v) is 5.46. The first-order chi connectivity index (χ1) is 15.0. The number of nitrogens with zero attached hydrogens (tertiary/aromatic N) is 2. The number of aryl methyl sites for hydroxylation is 1. The number of benzene rings is 2. The summed E-state index contributed by atoms with van der Waals surface area (Å²) in [5.41, 5.74) is 9.78. The van der Waals surface area contributed by atoms with Crippen LogP contribution in [0.4, 0.5) is 11.4 Å². The highest BCUT2D eigenvalue weighted by atomic mass is 16.5. The van der Waals surface area contributed by atoms with Crippen molar-refractivity contribution < 1.29 is 14.6 Å². The van der Waals surface area contributed by atoms with Crippen LogP contribution in [0.25, 0.3) is 0 Å². The first-order valence-corrected chi connectivity index (χ1v) is 10.6. The normalized spacial score (nSPS) is 16.0. The monoisotopic (exact) mass is 426 g/mol. The molecule has 0 bridgehead atoms. The Morgan fingerprint density at radius 2 is 1.77 bits per heavy atom. The summed E-state index contributed by atoms with van der Waals surface area (Å²) in [6.45, 7) is 11.4. The van der Waals surface area contributed by atoms with Gasteiger partial charge in [-0.25, -0.2) is 0 Å². The maximum absolute atomic E-state index is 10.4. The molecule has 1 aliphatic heterocycles. The van der Waals surface area contributed by atoms with Gasteiger partial charge in [0.1, 0.15) is 12.7 Å². The summed E-state index contributed by atoms with van der Waals surface area (Å²) in [4.78, 5) is 4.63. The molecule has 2 aromatic rings. The molecule has 2 aromatic carbocycles. The van der Waals surface area contributed by atoms with Crippen molar-refractivity contribution in [2.75, 3.05) is 64.0 Å². The number of hydrogen-bond donors (Lipinski definition) is 3. The fraction of sp³-hybridized carbons (Fsp3) is 0.417. The van der Waals surface area contributed by atoms with Crippen LogP contribution in [0.1, 0.15) is 5.56 Å². The Kier molecular flexibility index (Phi) is 8.17. The molecule has 1 aliphatic rings. The quantitative estimate of drug-likeness (QED) is 0.504. The van der Waals surface area contributed by atoms with Crippen molar-refractivity contribution in [1.29, 1.82) is 0 Å². The molecule has 4 N–H and O–H groups in total. The molecule has 1 unspecified atom stereocenters. The Bertz CT molecular complexity index is 845. The number of hydrogen-bond acceptors (Lipinski definition) is 7. The molecule has 1 saturated heterocycles. The predicted octanol–water partition coefficient (Wildman–Crippen LogP) is 2.57. The zero-order valence-corrected chi connectivity index (χ0v) is 18.5. The highest BCUT2D eigenvalue weighted by molar-refractivity contribution is 5.71. The fourth-order valence-electron chi connectivity index (χ4n) is 3.75. The molecule has 7 heteroatoms.